The van der Waals surface area contributed by atoms with Crippen molar-refractivity contribution >= 4 is 18.9 Å². The van der Waals surface area contributed by atoms with E-state index < -0.39 is 0 Å². The molecule has 0 rings (SSSR count). The van der Waals surface area contributed by atoms with Gasteiger partial charge >= 0.3 is 0 Å². The zero-order valence-electron chi connectivity index (χ0n) is 4.35. The van der Waals surface area contributed by atoms with Crippen LogP contribution in [0.3, 0.4) is 0 Å². The first-order valence-corrected chi connectivity index (χ1v) is 2.88. The molecule has 0 bridgehead atoms. The highest BCUT2D eigenvalue weighted by Crippen LogP contribution is 1.98. The first-order chi connectivity index (χ1) is 3.31. The van der Waals surface area contributed by atoms with Gasteiger partial charge in [-0.25, -0.2) is 0 Å². The lowest BCUT2D eigenvalue weighted by atomic mass is 10.3. The SMILES string of the molecule is CCCC(S)[C]=O. The lowest BCUT2D eigenvalue weighted by molar-refractivity contribution is 0.550. The minimum Gasteiger partial charge on any atom is -0.290 e. The van der Waals surface area contributed by atoms with E-state index >= 15 is 0 Å². The fourth-order valence-electron chi connectivity index (χ4n) is 0.332. The highest BCUT2D eigenvalue weighted by atomic mass is 32.1. The van der Waals surface area contributed by atoms with E-state index in [1.54, 1.807) is 6.29 Å². The molecule has 0 saturated heterocycles. The van der Waals surface area contributed by atoms with E-state index in [0.717, 1.165) is 12.8 Å². The Labute approximate surface area is 49.5 Å². The lowest BCUT2D eigenvalue weighted by Crippen LogP contribution is -1.96. The van der Waals surface area contributed by atoms with Crippen molar-refractivity contribution in [2.45, 2.75) is 25.0 Å². The van der Waals surface area contributed by atoms with E-state index in [4.69, 9.17) is 0 Å². The van der Waals surface area contributed by atoms with Crippen LogP contribution in [0.5, 0.6) is 0 Å². The van der Waals surface area contributed by atoms with Crippen molar-refractivity contribution in [1.82, 2.24) is 0 Å². The summed E-state index contributed by atoms with van der Waals surface area (Å²) in [7, 11) is 0. The molecule has 0 spiro atoms. The second kappa shape index (κ2) is 4.19. The Balaban J connectivity index is 2.98. The third kappa shape index (κ3) is 3.86. The van der Waals surface area contributed by atoms with Crippen molar-refractivity contribution in [3.63, 3.8) is 0 Å². The average molecular weight is 117 g/mol. The average Bonchev–Trinajstić information content (AvgIpc) is 1.68. The molecular formula is C5H9OS. The molecule has 0 aliphatic heterocycles. The lowest BCUT2D eigenvalue weighted by Gasteiger charge is -1.92. The molecule has 0 aromatic rings. The van der Waals surface area contributed by atoms with Gasteiger partial charge in [0.15, 0.2) is 0 Å². The Morgan fingerprint density at radius 2 is 2.43 bits per heavy atom. The minimum atomic E-state index is -0.162. The number of hydrogen-bond acceptors (Lipinski definition) is 2. The highest BCUT2D eigenvalue weighted by Gasteiger charge is 1.96. The first kappa shape index (κ1) is 7.02. The molecule has 1 unspecified atom stereocenters. The maximum atomic E-state index is 9.69. The Morgan fingerprint density at radius 3 is 2.57 bits per heavy atom. The largest absolute Gasteiger partial charge is 0.290 e. The van der Waals surface area contributed by atoms with Crippen LogP contribution in [-0.4, -0.2) is 11.5 Å². The van der Waals surface area contributed by atoms with Crippen molar-refractivity contribution in [2.24, 2.45) is 0 Å². The molecule has 0 fully saturated rings. The van der Waals surface area contributed by atoms with Crippen LogP contribution in [0.2, 0.25) is 0 Å². The molecule has 1 radical (unpaired) electrons. The standard InChI is InChI=1S/C5H9OS/c1-2-3-5(7)4-6/h5,7H,2-3H2,1H3. The molecule has 1 atom stereocenters. The van der Waals surface area contributed by atoms with Crippen LogP contribution in [0.25, 0.3) is 0 Å². The van der Waals surface area contributed by atoms with Crippen LogP contribution in [0.1, 0.15) is 19.8 Å². The molecule has 2 heteroatoms. The van der Waals surface area contributed by atoms with Crippen LogP contribution in [0, 0.1) is 0 Å². The van der Waals surface area contributed by atoms with Crippen LogP contribution in [0.15, 0.2) is 0 Å². The maximum absolute atomic E-state index is 9.69. The van der Waals surface area contributed by atoms with Gasteiger partial charge in [0.05, 0.1) is 5.25 Å². The van der Waals surface area contributed by atoms with Gasteiger partial charge in [0, 0.05) is 0 Å². The summed E-state index contributed by atoms with van der Waals surface area (Å²) in [5, 5.41) is -0.162. The van der Waals surface area contributed by atoms with Gasteiger partial charge in [-0.15, -0.1) is 0 Å². The molecule has 0 amide bonds. The summed E-state index contributed by atoms with van der Waals surface area (Å²) in [6, 6.07) is 0. The van der Waals surface area contributed by atoms with E-state index in [1.807, 2.05) is 6.92 Å². The monoisotopic (exact) mass is 117 g/mol. The number of rotatable bonds is 3. The van der Waals surface area contributed by atoms with Crippen molar-refractivity contribution in [3.05, 3.63) is 0 Å². The van der Waals surface area contributed by atoms with Gasteiger partial charge < -0.3 is 0 Å². The highest BCUT2D eigenvalue weighted by molar-refractivity contribution is 7.81. The summed E-state index contributed by atoms with van der Waals surface area (Å²) in [5.74, 6) is 0. The topological polar surface area (TPSA) is 17.1 Å². The zero-order valence-corrected chi connectivity index (χ0v) is 5.24. The van der Waals surface area contributed by atoms with Gasteiger partial charge in [0.25, 0.3) is 0 Å². The summed E-state index contributed by atoms with van der Waals surface area (Å²) in [4.78, 5) is 9.69. The van der Waals surface area contributed by atoms with Crippen LogP contribution < -0.4 is 0 Å². The van der Waals surface area contributed by atoms with Crippen molar-refractivity contribution in [1.29, 1.82) is 0 Å². The molecule has 0 N–H and O–H groups in total. The molecule has 0 aliphatic carbocycles. The van der Waals surface area contributed by atoms with Gasteiger partial charge in [-0.2, -0.15) is 12.6 Å². The Kier molecular flexibility index (Phi) is 4.20. The molecule has 7 heavy (non-hydrogen) atoms. The molecule has 0 aromatic carbocycles. The van der Waals surface area contributed by atoms with E-state index in [0.29, 0.717) is 0 Å². The second-order valence-electron chi connectivity index (χ2n) is 1.42. The zero-order chi connectivity index (χ0) is 5.70. The molecule has 0 heterocycles. The fourth-order valence-corrected chi connectivity index (χ4v) is 0.591. The molecule has 1 nitrogen and oxygen atoms in total. The molecule has 0 aromatic heterocycles. The molecular weight excluding hydrogens is 108 g/mol. The van der Waals surface area contributed by atoms with Crippen molar-refractivity contribution in [3.8, 4) is 0 Å². The van der Waals surface area contributed by atoms with Gasteiger partial charge in [0.1, 0.15) is 0 Å². The molecule has 41 valence electrons. The number of carbonyl (C=O) groups excluding carboxylic acids is 1. The van der Waals surface area contributed by atoms with Gasteiger partial charge in [-0.3, -0.25) is 4.79 Å². The van der Waals surface area contributed by atoms with E-state index in [2.05, 4.69) is 12.6 Å². The third-order valence-corrected chi connectivity index (χ3v) is 1.06. The minimum absolute atomic E-state index is 0.162. The fraction of sp³-hybridized carbons (Fsp3) is 0.800. The summed E-state index contributed by atoms with van der Waals surface area (Å²) < 4.78 is 0. The Hall–Kier alpha value is 0.0200. The van der Waals surface area contributed by atoms with Crippen molar-refractivity contribution < 1.29 is 4.79 Å². The predicted molar refractivity (Wildman–Crippen MR) is 33.4 cm³/mol. The van der Waals surface area contributed by atoms with Gasteiger partial charge in [0.2, 0.25) is 6.29 Å². The summed E-state index contributed by atoms with van der Waals surface area (Å²) in [6.45, 7) is 2.01. The van der Waals surface area contributed by atoms with Crippen LogP contribution in [0.4, 0.5) is 0 Å². The third-order valence-electron chi connectivity index (χ3n) is 0.698. The van der Waals surface area contributed by atoms with Crippen molar-refractivity contribution in [2.75, 3.05) is 0 Å². The second-order valence-corrected chi connectivity index (χ2v) is 2.05. The summed E-state index contributed by atoms with van der Waals surface area (Å²) in [6.07, 6.45) is 3.62. The summed E-state index contributed by atoms with van der Waals surface area (Å²) in [5.41, 5.74) is 0. The predicted octanol–water partition coefficient (Wildman–Crippen LogP) is 1.19. The smallest absolute Gasteiger partial charge is 0.212 e. The molecule has 0 saturated carbocycles. The molecule has 0 aliphatic rings. The number of thiol groups is 1. The quantitative estimate of drug-likeness (QED) is 0.549. The Bertz CT molecular complexity index is 54.0. The van der Waals surface area contributed by atoms with E-state index in [-0.39, 0.29) is 5.25 Å². The number of hydrogen-bond donors (Lipinski definition) is 1. The maximum Gasteiger partial charge on any atom is 0.212 e. The van der Waals surface area contributed by atoms with Gasteiger partial charge in [-0.1, -0.05) is 13.3 Å². The van der Waals surface area contributed by atoms with Crippen LogP contribution >= 0.6 is 12.6 Å². The van der Waals surface area contributed by atoms with E-state index in [9.17, 15) is 4.79 Å². The van der Waals surface area contributed by atoms with Gasteiger partial charge in [-0.05, 0) is 6.42 Å². The first-order valence-electron chi connectivity index (χ1n) is 2.37. The van der Waals surface area contributed by atoms with E-state index in [1.165, 1.54) is 0 Å². The normalized spacial score (nSPS) is 13.4. The van der Waals surface area contributed by atoms with Crippen LogP contribution in [-0.2, 0) is 4.79 Å². The summed E-state index contributed by atoms with van der Waals surface area (Å²) >= 11 is 3.89. The Morgan fingerprint density at radius 1 is 1.86 bits per heavy atom.